The Morgan fingerprint density at radius 2 is 1.35 bits per heavy atom. The van der Waals surface area contributed by atoms with Crippen LogP contribution in [0.5, 0.6) is 11.5 Å². The molecule has 0 unspecified atom stereocenters. The molecule has 0 amide bonds. The van der Waals surface area contributed by atoms with E-state index in [9.17, 15) is 0 Å². The van der Waals surface area contributed by atoms with Gasteiger partial charge in [0.15, 0.2) is 0 Å². The second kappa shape index (κ2) is 4.80. The number of rotatable bonds is 1. The summed E-state index contributed by atoms with van der Waals surface area (Å²) in [4.78, 5) is 0. The van der Waals surface area contributed by atoms with E-state index in [4.69, 9.17) is 4.74 Å². The average Bonchev–Trinajstić information content (AvgIpc) is 2.36. The maximum absolute atomic E-state index is 5.91. The number of para-hydroxylation sites is 2. The molecule has 2 aromatic rings. The van der Waals surface area contributed by atoms with Crippen LogP contribution in [0.4, 0.5) is 0 Å². The van der Waals surface area contributed by atoms with Crippen molar-refractivity contribution in [3.05, 3.63) is 59.7 Å². The molecular formula is C15H15ClO. The number of halogens is 1. The number of benzene rings is 2. The molecule has 1 aliphatic heterocycles. The first-order chi connectivity index (χ1) is 7.90. The third-order valence-electron chi connectivity index (χ3n) is 3.22. The second-order valence-corrected chi connectivity index (χ2v) is 4.14. The molecule has 0 aliphatic carbocycles. The first-order valence-electron chi connectivity index (χ1n) is 5.76. The molecule has 17 heavy (non-hydrogen) atoms. The van der Waals surface area contributed by atoms with Gasteiger partial charge in [0.25, 0.3) is 0 Å². The van der Waals surface area contributed by atoms with Crippen LogP contribution >= 0.6 is 12.4 Å². The van der Waals surface area contributed by atoms with E-state index in [0.29, 0.717) is 5.92 Å². The Labute approximate surface area is 108 Å². The normalized spacial score (nSPS) is 13.0. The summed E-state index contributed by atoms with van der Waals surface area (Å²) in [5.74, 6) is 2.49. The average molecular weight is 247 g/mol. The topological polar surface area (TPSA) is 9.23 Å². The minimum Gasteiger partial charge on any atom is -0.457 e. The Hall–Kier alpha value is -1.47. The Morgan fingerprint density at radius 1 is 0.882 bits per heavy atom. The van der Waals surface area contributed by atoms with Crippen molar-refractivity contribution in [2.45, 2.75) is 19.3 Å². The van der Waals surface area contributed by atoms with Crippen molar-refractivity contribution in [2.75, 3.05) is 0 Å². The van der Waals surface area contributed by atoms with E-state index in [1.165, 1.54) is 11.1 Å². The predicted molar refractivity (Wildman–Crippen MR) is 72.3 cm³/mol. The van der Waals surface area contributed by atoms with Gasteiger partial charge >= 0.3 is 0 Å². The Morgan fingerprint density at radius 3 is 1.82 bits per heavy atom. The van der Waals surface area contributed by atoms with Crippen molar-refractivity contribution in [3.8, 4) is 11.5 Å². The Bertz CT molecular complexity index is 476. The molecule has 0 aromatic heterocycles. The fraction of sp³-hybridized carbons (Fsp3) is 0.200. The number of hydrogen-bond acceptors (Lipinski definition) is 1. The highest BCUT2D eigenvalue weighted by atomic mass is 35.5. The predicted octanol–water partition coefficient (Wildman–Crippen LogP) is 4.76. The third-order valence-corrected chi connectivity index (χ3v) is 3.22. The van der Waals surface area contributed by atoms with Gasteiger partial charge in [0.2, 0.25) is 0 Å². The smallest absolute Gasteiger partial charge is 0.131 e. The molecule has 0 N–H and O–H groups in total. The lowest BCUT2D eigenvalue weighted by Gasteiger charge is -2.27. The highest BCUT2D eigenvalue weighted by molar-refractivity contribution is 5.85. The summed E-state index contributed by atoms with van der Waals surface area (Å²) in [5, 5.41) is 0. The van der Waals surface area contributed by atoms with Gasteiger partial charge in [0, 0.05) is 17.0 Å². The van der Waals surface area contributed by atoms with Crippen molar-refractivity contribution >= 4 is 12.4 Å². The molecule has 1 heterocycles. The van der Waals surface area contributed by atoms with Gasteiger partial charge in [0.1, 0.15) is 11.5 Å². The monoisotopic (exact) mass is 246 g/mol. The van der Waals surface area contributed by atoms with E-state index in [2.05, 4.69) is 31.2 Å². The molecule has 0 fully saturated rings. The number of hydrogen-bond donors (Lipinski definition) is 0. The van der Waals surface area contributed by atoms with Crippen molar-refractivity contribution in [1.82, 2.24) is 0 Å². The van der Waals surface area contributed by atoms with Crippen LogP contribution in [0.1, 0.15) is 30.4 Å². The van der Waals surface area contributed by atoms with Crippen molar-refractivity contribution in [3.63, 3.8) is 0 Å². The third kappa shape index (κ3) is 1.91. The molecule has 0 radical (unpaired) electrons. The summed E-state index contributed by atoms with van der Waals surface area (Å²) < 4.78 is 5.91. The minimum absolute atomic E-state index is 0. The summed E-state index contributed by atoms with van der Waals surface area (Å²) in [6.07, 6.45) is 1.11. The maximum Gasteiger partial charge on any atom is 0.131 e. The quantitative estimate of drug-likeness (QED) is 0.705. The lowest BCUT2D eigenvalue weighted by Crippen LogP contribution is -2.08. The van der Waals surface area contributed by atoms with Gasteiger partial charge < -0.3 is 4.74 Å². The first kappa shape index (κ1) is 12.0. The van der Waals surface area contributed by atoms with Gasteiger partial charge in [-0.25, -0.2) is 0 Å². The molecule has 1 nitrogen and oxygen atoms in total. The molecule has 88 valence electrons. The van der Waals surface area contributed by atoms with Crippen LogP contribution in [-0.2, 0) is 0 Å². The van der Waals surface area contributed by atoms with Crippen LogP contribution < -0.4 is 4.74 Å². The van der Waals surface area contributed by atoms with Gasteiger partial charge in [0.05, 0.1) is 0 Å². The van der Waals surface area contributed by atoms with Crippen molar-refractivity contribution in [2.24, 2.45) is 0 Å². The van der Waals surface area contributed by atoms with Crippen LogP contribution in [0.25, 0.3) is 0 Å². The van der Waals surface area contributed by atoms with Gasteiger partial charge in [-0.2, -0.15) is 0 Å². The van der Waals surface area contributed by atoms with Crippen LogP contribution in [0.15, 0.2) is 48.5 Å². The molecule has 0 saturated heterocycles. The zero-order valence-electron chi connectivity index (χ0n) is 9.72. The van der Waals surface area contributed by atoms with E-state index < -0.39 is 0 Å². The maximum atomic E-state index is 5.91. The SMILES string of the molecule is CCC1c2ccccc2Oc2ccccc21.Cl. The number of fused-ring (bicyclic) bond motifs is 2. The second-order valence-electron chi connectivity index (χ2n) is 4.14. The minimum atomic E-state index is 0. The Balaban J connectivity index is 0.00000108. The fourth-order valence-corrected chi connectivity index (χ4v) is 2.45. The molecule has 2 heteroatoms. The number of ether oxygens (including phenoxy) is 1. The summed E-state index contributed by atoms with van der Waals surface area (Å²) >= 11 is 0. The molecule has 3 rings (SSSR count). The highest BCUT2D eigenvalue weighted by Crippen LogP contribution is 2.44. The Kier molecular flexibility index (Phi) is 3.39. The summed E-state index contributed by atoms with van der Waals surface area (Å²) in [6, 6.07) is 16.7. The van der Waals surface area contributed by atoms with Gasteiger partial charge in [-0.3, -0.25) is 0 Å². The molecule has 1 aliphatic rings. The summed E-state index contributed by atoms with van der Waals surface area (Å²) in [5.41, 5.74) is 2.62. The lowest BCUT2D eigenvalue weighted by molar-refractivity contribution is 0.443. The zero-order chi connectivity index (χ0) is 11.0. The van der Waals surface area contributed by atoms with Gasteiger partial charge in [-0.15, -0.1) is 12.4 Å². The molecule has 2 aromatic carbocycles. The molecule has 0 saturated carbocycles. The van der Waals surface area contributed by atoms with Crippen LogP contribution in [0, 0.1) is 0 Å². The van der Waals surface area contributed by atoms with E-state index in [1.54, 1.807) is 0 Å². The molecule has 0 atom stereocenters. The summed E-state index contributed by atoms with van der Waals surface area (Å²) in [7, 11) is 0. The van der Waals surface area contributed by atoms with E-state index in [-0.39, 0.29) is 12.4 Å². The van der Waals surface area contributed by atoms with Crippen LogP contribution in [0.2, 0.25) is 0 Å². The van der Waals surface area contributed by atoms with Crippen molar-refractivity contribution in [1.29, 1.82) is 0 Å². The molecular weight excluding hydrogens is 232 g/mol. The van der Waals surface area contributed by atoms with E-state index in [1.807, 2.05) is 24.3 Å². The van der Waals surface area contributed by atoms with Crippen molar-refractivity contribution < 1.29 is 4.74 Å². The van der Waals surface area contributed by atoms with Gasteiger partial charge in [-0.1, -0.05) is 43.3 Å². The highest BCUT2D eigenvalue weighted by Gasteiger charge is 2.24. The largest absolute Gasteiger partial charge is 0.457 e. The lowest BCUT2D eigenvalue weighted by atomic mass is 9.86. The molecule has 0 spiro atoms. The first-order valence-corrected chi connectivity index (χ1v) is 5.76. The zero-order valence-corrected chi connectivity index (χ0v) is 10.5. The van der Waals surface area contributed by atoms with Crippen LogP contribution in [-0.4, -0.2) is 0 Å². The van der Waals surface area contributed by atoms with Crippen LogP contribution in [0.3, 0.4) is 0 Å². The van der Waals surface area contributed by atoms with E-state index in [0.717, 1.165) is 17.9 Å². The molecule has 0 bridgehead atoms. The fourth-order valence-electron chi connectivity index (χ4n) is 2.45. The standard InChI is InChI=1S/C15H14O.ClH/c1-2-11-12-7-3-5-9-14(12)16-15-10-6-4-8-13(11)15;/h3-11H,2H2,1H3;1H. The summed E-state index contributed by atoms with van der Waals surface area (Å²) in [6.45, 7) is 2.23. The van der Waals surface area contributed by atoms with E-state index >= 15 is 0 Å². The van der Waals surface area contributed by atoms with Gasteiger partial charge in [-0.05, 0) is 18.6 Å².